The van der Waals surface area contributed by atoms with Crippen molar-refractivity contribution in [3.63, 3.8) is 0 Å². The number of hydrogen-bond acceptors (Lipinski definition) is 5. The van der Waals surface area contributed by atoms with E-state index in [0.717, 1.165) is 38.2 Å². The molecular weight excluding hydrogens is 340 g/mol. The second-order valence-electron chi connectivity index (χ2n) is 7.74. The number of nitrogens with zero attached hydrogens (tertiary/aromatic N) is 3. The molecule has 1 N–H and O–H groups in total. The summed E-state index contributed by atoms with van der Waals surface area (Å²) in [5, 5.41) is 11.9. The first-order chi connectivity index (χ1) is 13.2. The normalized spacial score (nSPS) is 23.6. The Morgan fingerprint density at radius 2 is 2.07 bits per heavy atom. The highest BCUT2D eigenvalue weighted by atomic mass is 16.5. The summed E-state index contributed by atoms with van der Waals surface area (Å²) in [5.41, 5.74) is 0.567. The van der Waals surface area contributed by atoms with E-state index in [1.165, 1.54) is 19.3 Å². The van der Waals surface area contributed by atoms with Crippen molar-refractivity contribution in [3.05, 3.63) is 23.9 Å². The Hall–Kier alpha value is -2.13. The van der Waals surface area contributed by atoms with E-state index in [-0.39, 0.29) is 11.8 Å². The minimum atomic E-state index is 0.0632. The standard InChI is InChI=1S/C21H30N4O2/c1-16-4-2-3-5-19(16)27-13-10-23-21(26)18-8-11-25(12-9-18)20-7-6-17(14-22)15-24-20/h6-7,15-16,18-19H,2-5,8-13H2,1H3,(H,23,26)/t16-,19+/m1/s1. The topological polar surface area (TPSA) is 78.2 Å². The number of piperidine rings is 1. The molecule has 3 rings (SSSR count). The van der Waals surface area contributed by atoms with Crippen molar-refractivity contribution in [2.24, 2.45) is 11.8 Å². The molecule has 2 heterocycles. The smallest absolute Gasteiger partial charge is 0.223 e. The Bertz CT molecular complexity index is 647. The number of pyridine rings is 1. The van der Waals surface area contributed by atoms with Crippen molar-refractivity contribution < 1.29 is 9.53 Å². The van der Waals surface area contributed by atoms with Crippen LogP contribution in [0.25, 0.3) is 0 Å². The van der Waals surface area contributed by atoms with Gasteiger partial charge in [0.25, 0.3) is 0 Å². The van der Waals surface area contributed by atoms with E-state index in [1.807, 2.05) is 6.07 Å². The van der Waals surface area contributed by atoms with E-state index in [2.05, 4.69) is 28.2 Å². The van der Waals surface area contributed by atoms with Crippen molar-refractivity contribution in [2.45, 2.75) is 51.6 Å². The number of nitrogens with one attached hydrogen (secondary N) is 1. The molecule has 1 saturated heterocycles. The fourth-order valence-electron chi connectivity index (χ4n) is 4.07. The highest BCUT2D eigenvalue weighted by Crippen LogP contribution is 2.26. The maximum absolute atomic E-state index is 12.4. The van der Waals surface area contributed by atoms with E-state index in [1.54, 1.807) is 12.3 Å². The number of carbonyl (C=O) groups is 1. The molecule has 0 radical (unpaired) electrons. The zero-order chi connectivity index (χ0) is 19.1. The van der Waals surface area contributed by atoms with Crippen LogP contribution in [0.3, 0.4) is 0 Å². The first kappa shape index (κ1) is 19.6. The van der Waals surface area contributed by atoms with Gasteiger partial charge in [0.1, 0.15) is 11.9 Å². The largest absolute Gasteiger partial charge is 0.376 e. The lowest BCUT2D eigenvalue weighted by atomic mass is 9.88. The Kier molecular flexibility index (Phi) is 7.05. The van der Waals surface area contributed by atoms with Crippen LogP contribution in [-0.2, 0) is 9.53 Å². The number of rotatable bonds is 6. The van der Waals surface area contributed by atoms with E-state index in [0.29, 0.717) is 30.7 Å². The van der Waals surface area contributed by atoms with E-state index in [9.17, 15) is 4.79 Å². The number of carbonyl (C=O) groups excluding carboxylic acids is 1. The SMILES string of the molecule is C[C@@H]1CCCC[C@@H]1OCCNC(=O)C1CCN(c2ccc(C#N)cn2)CC1. The summed E-state index contributed by atoms with van der Waals surface area (Å²) in [6, 6.07) is 5.75. The molecular formula is C21H30N4O2. The predicted molar refractivity (Wildman–Crippen MR) is 104 cm³/mol. The summed E-state index contributed by atoms with van der Waals surface area (Å²) in [5.74, 6) is 1.72. The van der Waals surface area contributed by atoms with Gasteiger partial charge in [0.2, 0.25) is 5.91 Å². The molecule has 2 atom stereocenters. The van der Waals surface area contributed by atoms with Gasteiger partial charge in [0.05, 0.1) is 18.3 Å². The van der Waals surface area contributed by atoms with Crippen molar-refractivity contribution in [1.82, 2.24) is 10.3 Å². The zero-order valence-corrected chi connectivity index (χ0v) is 16.2. The molecule has 27 heavy (non-hydrogen) atoms. The molecule has 1 aliphatic heterocycles. The van der Waals surface area contributed by atoms with Gasteiger partial charge in [-0.2, -0.15) is 5.26 Å². The maximum atomic E-state index is 12.4. The molecule has 6 nitrogen and oxygen atoms in total. The number of nitriles is 1. The molecule has 1 saturated carbocycles. The van der Waals surface area contributed by atoms with Crippen LogP contribution in [0.2, 0.25) is 0 Å². The molecule has 1 amide bonds. The Morgan fingerprint density at radius 3 is 2.74 bits per heavy atom. The molecule has 0 spiro atoms. The molecule has 0 aromatic carbocycles. The van der Waals surface area contributed by atoms with Crippen LogP contribution < -0.4 is 10.2 Å². The van der Waals surface area contributed by atoms with Crippen LogP contribution in [0.5, 0.6) is 0 Å². The van der Waals surface area contributed by atoms with Gasteiger partial charge in [-0.05, 0) is 43.7 Å². The highest BCUT2D eigenvalue weighted by molar-refractivity contribution is 5.78. The Balaban J connectivity index is 1.35. The zero-order valence-electron chi connectivity index (χ0n) is 16.2. The monoisotopic (exact) mass is 370 g/mol. The third-order valence-corrected chi connectivity index (χ3v) is 5.83. The second kappa shape index (κ2) is 9.70. The van der Waals surface area contributed by atoms with Gasteiger partial charge in [-0.15, -0.1) is 0 Å². The third kappa shape index (κ3) is 5.43. The molecule has 1 aliphatic carbocycles. The molecule has 2 aliphatic rings. The minimum Gasteiger partial charge on any atom is -0.376 e. The first-order valence-electron chi connectivity index (χ1n) is 10.2. The summed E-state index contributed by atoms with van der Waals surface area (Å²) < 4.78 is 5.97. The van der Waals surface area contributed by atoms with Gasteiger partial charge in [-0.3, -0.25) is 4.79 Å². The molecule has 2 fully saturated rings. The maximum Gasteiger partial charge on any atom is 0.223 e. The number of amides is 1. The van der Waals surface area contributed by atoms with Gasteiger partial charge < -0.3 is 15.0 Å². The van der Waals surface area contributed by atoms with Gasteiger partial charge in [0, 0.05) is 31.7 Å². The lowest BCUT2D eigenvalue weighted by Crippen LogP contribution is -2.42. The molecule has 0 unspecified atom stereocenters. The average Bonchev–Trinajstić information content (AvgIpc) is 2.72. The molecule has 1 aromatic rings. The van der Waals surface area contributed by atoms with Gasteiger partial charge in [0.15, 0.2) is 0 Å². The highest BCUT2D eigenvalue weighted by Gasteiger charge is 2.26. The quantitative estimate of drug-likeness (QED) is 0.779. The molecule has 6 heteroatoms. The van der Waals surface area contributed by atoms with Crippen molar-refractivity contribution >= 4 is 11.7 Å². The summed E-state index contributed by atoms with van der Waals surface area (Å²) in [6.07, 6.45) is 8.59. The summed E-state index contributed by atoms with van der Waals surface area (Å²) in [4.78, 5) is 18.9. The van der Waals surface area contributed by atoms with Crippen LogP contribution in [-0.4, -0.2) is 43.2 Å². The summed E-state index contributed by atoms with van der Waals surface area (Å²) >= 11 is 0. The first-order valence-corrected chi connectivity index (χ1v) is 10.2. The van der Waals surface area contributed by atoms with Gasteiger partial charge in [-0.1, -0.05) is 19.8 Å². The van der Waals surface area contributed by atoms with Crippen molar-refractivity contribution in [1.29, 1.82) is 5.26 Å². The van der Waals surface area contributed by atoms with Crippen LogP contribution in [0.15, 0.2) is 18.3 Å². The fourth-order valence-corrected chi connectivity index (χ4v) is 4.07. The van der Waals surface area contributed by atoms with Crippen LogP contribution in [0.1, 0.15) is 51.0 Å². The van der Waals surface area contributed by atoms with Crippen LogP contribution >= 0.6 is 0 Å². The van der Waals surface area contributed by atoms with Crippen molar-refractivity contribution in [3.8, 4) is 6.07 Å². The Morgan fingerprint density at radius 1 is 1.30 bits per heavy atom. The number of anilines is 1. The van der Waals surface area contributed by atoms with E-state index < -0.39 is 0 Å². The van der Waals surface area contributed by atoms with E-state index >= 15 is 0 Å². The molecule has 146 valence electrons. The summed E-state index contributed by atoms with van der Waals surface area (Å²) in [6.45, 7) is 5.09. The minimum absolute atomic E-state index is 0.0632. The molecule has 0 bridgehead atoms. The average molecular weight is 370 g/mol. The summed E-state index contributed by atoms with van der Waals surface area (Å²) in [7, 11) is 0. The van der Waals surface area contributed by atoms with E-state index in [4.69, 9.17) is 10.00 Å². The molecule has 1 aromatic heterocycles. The second-order valence-corrected chi connectivity index (χ2v) is 7.74. The third-order valence-electron chi connectivity index (χ3n) is 5.83. The van der Waals surface area contributed by atoms with Crippen LogP contribution in [0, 0.1) is 23.2 Å². The lowest BCUT2D eigenvalue weighted by molar-refractivity contribution is -0.126. The van der Waals surface area contributed by atoms with Crippen LogP contribution in [0.4, 0.5) is 5.82 Å². The number of aromatic nitrogens is 1. The number of ether oxygens (including phenoxy) is 1. The van der Waals surface area contributed by atoms with Crippen molar-refractivity contribution in [2.75, 3.05) is 31.1 Å². The van der Waals surface area contributed by atoms with Gasteiger partial charge >= 0.3 is 0 Å². The number of hydrogen-bond donors (Lipinski definition) is 1. The van der Waals surface area contributed by atoms with Gasteiger partial charge in [-0.25, -0.2) is 4.98 Å². The predicted octanol–water partition coefficient (Wildman–Crippen LogP) is 2.88. The fraction of sp³-hybridized carbons (Fsp3) is 0.667. The lowest BCUT2D eigenvalue weighted by Gasteiger charge is -2.32. The Labute approximate surface area is 161 Å².